The molecule has 0 aliphatic rings. The fourth-order valence-corrected chi connectivity index (χ4v) is 11.3. The maximum atomic E-state index is 4.72. The number of rotatable bonds is 3. The maximum absolute atomic E-state index is 4.72. The second-order valence-corrected chi connectivity index (χ2v) is 15.4. The summed E-state index contributed by atoms with van der Waals surface area (Å²) in [6.45, 7) is 0. The molecule has 0 aliphatic carbocycles. The summed E-state index contributed by atoms with van der Waals surface area (Å²) in [4.78, 5) is 9.31. The lowest BCUT2D eigenvalue weighted by Gasteiger charge is -2.47. The molecule has 0 saturated carbocycles. The van der Waals surface area contributed by atoms with Gasteiger partial charge in [0.05, 0.1) is 15.8 Å². The second-order valence-electron chi connectivity index (χ2n) is 6.47. The number of nitrogens with zero attached hydrogens (tertiary/aromatic N) is 2. The highest BCUT2D eigenvalue weighted by atomic mass is 32.3. The fourth-order valence-electron chi connectivity index (χ4n) is 2.73. The Kier molecular flexibility index (Phi) is 3.85. The quantitative estimate of drug-likeness (QED) is 0.855. The third-order valence-corrected chi connectivity index (χ3v) is 9.54. The topological polar surface area (TPSA) is 25.8 Å². The Hall–Kier alpha value is -0.740. The van der Waals surface area contributed by atoms with Crippen LogP contribution in [-0.4, -0.2) is 47.5 Å². The van der Waals surface area contributed by atoms with Crippen LogP contribution in [-0.2, 0) is 0 Å². The second kappa shape index (κ2) is 4.98. The Morgan fingerprint density at radius 2 is 1.47 bits per heavy atom. The monoisotopic (exact) mass is 296 g/mol. The zero-order chi connectivity index (χ0) is 14.3. The molecule has 0 spiro atoms. The highest BCUT2D eigenvalue weighted by Crippen LogP contribution is 2.68. The van der Waals surface area contributed by atoms with Crippen molar-refractivity contribution < 1.29 is 0 Å². The molecular weight excluding hydrogens is 272 g/mol. The Labute approximate surface area is 119 Å². The van der Waals surface area contributed by atoms with E-state index in [9.17, 15) is 0 Å². The molecule has 0 radical (unpaired) electrons. The zero-order valence-corrected chi connectivity index (χ0v) is 14.3. The van der Waals surface area contributed by atoms with Gasteiger partial charge in [-0.05, 0) is 49.7 Å². The minimum atomic E-state index is -0.733. The van der Waals surface area contributed by atoms with E-state index in [4.69, 9.17) is 4.98 Å². The summed E-state index contributed by atoms with van der Waals surface area (Å²) in [5.74, 6) is 0. The van der Waals surface area contributed by atoms with Crippen molar-refractivity contribution in [2.24, 2.45) is 0 Å². The zero-order valence-electron chi connectivity index (χ0n) is 12.7. The van der Waals surface area contributed by atoms with Gasteiger partial charge in [0.15, 0.2) is 0 Å². The van der Waals surface area contributed by atoms with Crippen LogP contribution in [0.2, 0.25) is 0 Å². The molecule has 2 nitrogen and oxygen atoms in total. The molecule has 0 saturated heterocycles. The van der Waals surface area contributed by atoms with Crippen LogP contribution in [0.3, 0.4) is 0 Å². The fraction of sp³-hybridized carbons (Fsp3) is 0.467. The van der Waals surface area contributed by atoms with Crippen molar-refractivity contribution in [2.45, 2.75) is 4.58 Å². The Bertz CT molecular complexity index is 563. The lowest BCUT2D eigenvalue weighted by Crippen LogP contribution is -2.16. The summed E-state index contributed by atoms with van der Waals surface area (Å²) < 4.78 is 0.526. The minimum Gasteiger partial charge on any atom is -0.257 e. The molecule has 0 aliphatic heterocycles. The Morgan fingerprint density at radius 1 is 0.842 bits per heavy atom. The highest BCUT2D eigenvalue weighted by Gasteiger charge is 2.33. The van der Waals surface area contributed by atoms with Crippen LogP contribution in [0.4, 0.5) is 0 Å². The normalized spacial score (nSPS) is 14.9. The minimum absolute atomic E-state index is 0.526. The van der Waals surface area contributed by atoms with E-state index in [1.165, 1.54) is 11.1 Å². The number of fused-ring (bicyclic) bond motifs is 1. The largest absolute Gasteiger partial charge is 0.257 e. The van der Waals surface area contributed by atoms with Gasteiger partial charge in [0, 0.05) is 17.8 Å². The van der Waals surface area contributed by atoms with Crippen LogP contribution in [0.25, 0.3) is 10.9 Å². The van der Waals surface area contributed by atoms with Gasteiger partial charge in [-0.15, -0.1) is 0 Å². The first-order chi connectivity index (χ1) is 8.71. The molecule has 19 heavy (non-hydrogen) atoms. The Balaban J connectivity index is 2.70. The lowest BCUT2D eigenvalue weighted by molar-refractivity contribution is 1.15. The predicted molar refractivity (Wildman–Crippen MR) is 93.0 cm³/mol. The van der Waals surface area contributed by atoms with Crippen LogP contribution >= 0.6 is 20.1 Å². The van der Waals surface area contributed by atoms with Gasteiger partial charge in [-0.1, -0.05) is 6.07 Å². The first-order valence-electron chi connectivity index (χ1n) is 6.25. The van der Waals surface area contributed by atoms with Crippen molar-refractivity contribution in [3.05, 3.63) is 36.3 Å². The van der Waals surface area contributed by atoms with Gasteiger partial charge >= 0.3 is 0 Å². The van der Waals surface area contributed by atoms with Gasteiger partial charge in [0.1, 0.15) is 0 Å². The molecule has 4 heteroatoms. The van der Waals surface area contributed by atoms with E-state index >= 15 is 0 Å². The molecule has 0 amide bonds. The molecule has 0 unspecified atom stereocenters. The molecule has 0 fully saturated rings. The molecule has 2 rings (SSSR count). The molecule has 0 aromatic carbocycles. The van der Waals surface area contributed by atoms with Crippen LogP contribution in [0, 0.1) is 0 Å². The standard InChI is InChI=1S/C15H24N2S2/c1-18(2,3)15(19(4,5)6)14-13-12(9-11-17-14)8-7-10-16-13/h7-11,15H,1-6H3. The molecule has 2 heterocycles. The van der Waals surface area contributed by atoms with E-state index in [0.717, 1.165) is 5.52 Å². The number of aromatic nitrogens is 2. The van der Waals surface area contributed by atoms with Gasteiger partial charge < -0.3 is 0 Å². The average molecular weight is 297 g/mol. The van der Waals surface area contributed by atoms with Crippen molar-refractivity contribution in [3.63, 3.8) is 0 Å². The van der Waals surface area contributed by atoms with Gasteiger partial charge in [-0.3, -0.25) is 9.97 Å². The van der Waals surface area contributed by atoms with Gasteiger partial charge in [-0.2, -0.15) is 0 Å². The highest BCUT2D eigenvalue weighted by molar-refractivity contribution is 8.47. The summed E-state index contributed by atoms with van der Waals surface area (Å²) in [5.41, 5.74) is 2.28. The smallest absolute Gasteiger partial charge is 0.0936 e. The van der Waals surface area contributed by atoms with E-state index in [-0.39, 0.29) is 0 Å². The van der Waals surface area contributed by atoms with E-state index in [1.54, 1.807) is 0 Å². The average Bonchev–Trinajstić information content (AvgIpc) is 2.25. The van der Waals surface area contributed by atoms with E-state index < -0.39 is 20.1 Å². The first-order valence-corrected chi connectivity index (χ1v) is 12.1. The van der Waals surface area contributed by atoms with Gasteiger partial charge in [0.2, 0.25) is 0 Å². The summed E-state index contributed by atoms with van der Waals surface area (Å²) in [5, 5.41) is 1.20. The van der Waals surface area contributed by atoms with E-state index in [1.807, 2.05) is 18.5 Å². The van der Waals surface area contributed by atoms with Crippen LogP contribution in [0.15, 0.2) is 30.6 Å². The van der Waals surface area contributed by atoms with Gasteiger partial charge in [0.25, 0.3) is 0 Å². The van der Waals surface area contributed by atoms with Crippen LogP contribution < -0.4 is 0 Å². The predicted octanol–water partition coefficient (Wildman–Crippen LogP) is 4.02. The molecular formula is C15H24N2S2. The third-order valence-electron chi connectivity index (χ3n) is 3.06. The summed E-state index contributed by atoms with van der Waals surface area (Å²) >= 11 is 0. The summed E-state index contributed by atoms with van der Waals surface area (Å²) in [7, 11) is -1.47. The van der Waals surface area contributed by atoms with Crippen LogP contribution in [0.1, 0.15) is 10.3 Å². The summed E-state index contributed by atoms with van der Waals surface area (Å²) in [6, 6.07) is 6.18. The molecule has 2 aromatic heterocycles. The molecule has 0 N–H and O–H groups in total. The van der Waals surface area contributed by atoms with Crippen molar-refractivity contribution >= 4 is 31.0 Å². The maximum Gasteiger partial charge on any atom is 0.0936 e. The van der Waals surface area contributed by atoms with Crippen LogP contribution in [0.5, 0.6) is 0 Å². The number of hydrogen-bond donors (Lipinski definition) is 0. The Morgan fingerprint density at radius 3 is 2.05 bits per heavy atom. The van der Waals surface area contributed by atoms with Crippen molar-refractivity contribution in [1.82, 2.24) is 9.97 Å². The molecule has 0 atom stereocenters. The van der Waals surface area contributed by atoms with Crippen molar-refractivity contribution in [3.8, 4) is 0 Å². The molecule has 2 aromatic rings. The van der Waals surface area contributed by atoms with E-state index in [0.29, 0.717) is 4.58 Å². The van der Waals surface area contributed by atoms with Crippen molar-refractivity contribution in [2.75, 3.05) is 37.5 Å². The first kappa shape index (κ1) is 14.7. The number of pyridine rings is 2. The van der Waals surface area contributed by atoms with Crippen molar-refractivity contribution in [1.29, 1.82) is 0 Å². The number of hydrogen-bond acceptors (Lipinski definition) is 2. The lowest BCUT2D eigenvalue weighted by atomic mass is 10.2. The molecule has 0 bridgehead atoms. The van der Waals surface area contributed by atoms with E-state index in [2.05, 4.69) is 54.7 Å². The third kappa shape index (κ3) is 3.06. The molecule has 106 valence electrons. The summed E-state index contributed by atoms with van der Waals surface area (Å²) in [6.07, 6.45) is 18.1. The van der Waals surface area contributed by atoms with Gasteiger partial charge in [-0.25, -0.2) is 20.1 Å². The SMILES string of the molecule is CS(C)(C)C(c1nccc2cccnc12)S(C)(C)C.